The van der Waals surface area contributed by atoms with Gasteiger partial charge in [-0.3, -0.25) is 0 Å². The fourth-order valence-corrected chi connectivity index (χ4v) is 1.95. The lowest BCUT2D eigenvalue weighted by Gasteiger charge is -2.13. The van der Waals surface area contributed by atoms with Crippen molar-refractivity contribution in [2.24, 2.45) is 0 Å². The summed E-state index contributed by atoms with van der Waals surface area (Å²) < 4.78 is 9.80. The van der Waals surface area contributed by atoms with Gasteiger partial charge in [0, 0.05) is 0 Å². The maximum atomic E-state index is 11.8. The van der Waals surface area contributed by atoms with Crippen LogP contribution < -0.4 is 5.32 Å². The van der Waals surface area contributed by atoms with Crippen LogP contribution in [0.4, 0.5) is 4.79 Å². The molecule has 126 valence electrons. The second-order valence-electron chi connectivity index (χ2n) is 5.13. The lowest BCUT2D eigenvalue weighted by atomic mass is 10.1. The van der Waals surface area contributed by atoms with Crippen molar-refractivity contribution in [1.29, 1.82) is 0 Å². The number of hydrogen-bond acceptors (Lipinski definition) is 4. The van der Waals surface area contributed by atoms with Gasteiger partial charge in [0.15, 0.2) is 0 Å². The van der Waals surface area contributed by atoms with Crippen LogP contribution in [0.25, 0.3) is 0 Å². The number of carbonyl (C=O) groups is 2. The fourth-order valence-electron chi connectivity index (χ4n) is 1.95. The minimum atomic E-state index is -0.829. The highest BCUT2D eigenvalue weighted by Gasteiger charge is 2.19. The topological polar surface area (TPSA) is 64.6 Å². The summed E-state index contributed by atoms with van der Waals surface area (Å²) in [5.41, 5.74) is 0.882. The number of benzene rings is 1. The molecule has 5 heteroatoms. The van der Waals surface area contributed by atoms with Crippen molar-refractivity contribution in [3.05, 3.63) is 48.0 Å². The first-order valence-corrected chi connectivity index (χ1v) is 7.89. The van der Waals surface area contributed by atoms with Gasteiger partial charge in [0.25, 0.3) is 0 Å². The summed E-state index contributed by atoms with van der Waals surface area (Å²) in [6, 6.07) is 8.52. The van der Waals surface area contributed by atoms with Crippen LogP contribution in [0.1, 0.15) is 38.2 Å². The largest absolute Gasteiger partial charge is 0.467 e. The standard InChI is InChI=1S/C18H25NO4/c1-3-4-5-6-10-13-16(17(20)22-2)19-18(21)23-14-15-11-8-7-9-12-15/h7-13,16H,3-6,14H2,1-2H3,(H,19,21)/b13-10+. The van der Waals surface area contributed by atoms with Crippen molar-refractivity contribution in [1.82, 2.24) is 5.32 Å². The number of unbranched alkanes of at least 4 members (excludes halogenated alkanes) is 3. The van der Waals surface area contributed by atoms with Crippen molar-refractivity contribution < 1.29 is 19.1 Å². The second kappa shape index (κ2) is 11.3. The van der Waals surface area contributed by atoms with E-state index in [4.69, 9.17) is 9.47 Å². The molecule has 1 unspecified atom stereocenters. The van der Waals surface area contributed by atoms with Crippen LogP contribution >= 0.6 is 0 Å². The van der Waals surface area contributed by atoms with Gasteiger partial charge in [-0.2, -0.15) is 0 Å². The fraction of sp³-hybridized carbons (Fsp3) is 0.444. The molecule has 0 aromatic heterocycles. The Bertz CT molecular complexity index is 499. The molecule has 0 bridgehead atoms. The normalized spacial score (nSPS) is 11.9. The number of esters is 1. The van der Waals surface area contributed by atoms with E-state index in [0.717, 1.165) is 31.2 Å². The Hall–Kier alpha value is -2.30. The van der Waals surface area contributed by atoms with E-state index in [9.17, 15) is 9.59 Å². The molecule has 1 N–H and O–H groups in total. The van der Waals surface area contributed by atoms with Crippen molar-refractivity contribution in [2.75, 3.05) is 7.11 Å². The van der Waals surface area contributed by atoms with Crippen LogP contribution in [-0.2, 0) is 20.9 Å². The number of rotatable bonds is 9. The van der Waals surface area contributed by atoms with E-state index < -0.39 is 18.1 Å². The minimum absolute atomic E-state index is 0.154. The first-order valence-electron chi connectivity index (χ1n) is 7.89. The number of hydrogen-bond donors (Lipinski definition) is 1. The van der Waals surface area contributed by atoms with Crippen LogP contribution in [-0.4, -0.2) is 25.2 Å². The van der Waals surface area contributed by atoms with Gasteiger partial charge in [0.1, 0.15) is 12.6 Å². The molecule has 0 radical (unpaired) electrons. The van der Waals surface area contributed by atoms with E-state index >= 15 is 0 Å². The molecule has 0 spiro atoms. The summed E-state index contributed by atoms with van der Waals surface area (Å²) in [6.07, 6.45) is 7.07. The molecule has 1 amide bonds. The van der Waals surface area contributed by atoms with E-state index in [-0.39, 0.29) is 6.61 Å². The van der Waals surface area contributed by atoms with Gasteiger partial charge >= 0.3 is 12.1 Å². The van der Waals surface area contributed by atoms with Crippen molar-refractivity contribution in [2.45, 2.75) is 45.3 Å². The van der Waals surface area contributed by atoms with Crippen LogP contribution in [0, 0.1) is 0 Å². The molecule has 0 fully saturated rings. The first-order chi connectivity index (χ1) is 11.2. The minimum Gasteiger partial charge on any atom is -0.467 e. The van der Waals surface area contributed by atoms with Crippen molar-refractivity contribution in [3.63, 3.8) is 0 Å². The zero-order valence-electron chi connectivity index (χ0n) is 13.8. The van der Waals surface area contributed by atoms with E-state index in [1.807, 2.05) is 36.4 Å². The predicted molar refractivity (Wildman–Crippen MR) is 88.8 cm³/mol. The molecular formula is C18H25NO4. The number of ether oxygens (including phenoxy) is 2. The molecule has 1 atom stereocenters. The highest BCUT2D eigenvalue weighted by Crippen LogP contribution is 2.03. The molecule has 0 aliphatic carbocycles. The van der Waals surface area contributed by atoms with E-state index in [2.05, 4.69) is 12.2 Å². The van der Waals surface area contributed by atoms with Crippen molar-refractivity contribution >= 4 is 12.1 Å². The zero-order chi connectivity index (χ0) is 16.9. The lowest BCUT2D eigenvalue weighted by Crippen LogP contribution is -2.40. The second-order valence-corrected chi connectivity index (χ2v) is 5.13. The number of allylic oxidation sites excluding steroid dienone is 1. The third kappa shape index (κ3) is 8.04. The van der Waals surface area contributed by atoms with Crippen molar-refractivity contribution in [3.8, 4) is 0 Å². The SMILES string of the molecule is CCCCC/C=C/C(NC(=O)OCc1ccccc1)C(=O)OC. The molecular weight excluding hydrogens is 294 g/mol. The van der Waals surface area contributed by atoms with E-state index in [0.29, 0.717) is 0 Å². The summed E-state index contributed by atoms with van der Waals surface area (Å²) in [5.74, 6) is -0.520. The smallest absolute Gasteiger partial charge is 0.408 e. The Morgan fingerprint density at radius 2 is 1.96 bits per heavy atom. The first kappa shape index (κ1) is 18.7. The Kier molecular flexibility index (Phi) is 9.20. The quantitative estimate of drug-likeness (QED) is 0.429. The van der Waals surface area contributed by atoms with Gasteiger partial charge in [-0.25, -0.2) is 9.59 Å². The summed E-state index contributed by atoms with van der Waals surface area (Å²) in [7, 11) is 1.29. The van der Waals surface area contributed by atoms with Crippen LogP contribution in [0.3, 0.4) is 0 Å². The molecule has 1 aromatic carbocycles. The Morgan fingerprint density at radius 3 is 2.61 bits per heavy atom. The average molecular weight is 319 g/mol. The Morgan fingerprint density at radius 1 is 1.22 bits per heavy atom. The summed E-state index contributed by atoms with van der Waals surface area (Å²) in [5, 5.41) is 2.51. The van der Waals surface area contributed by atoms with Gasteiger partial charge in [-0.15, -0.1) is 0 Å². The molecule has 23 heavy (non-hydrogen) atoms. The van der Waals surface area contributed by atoms with E-state index in [1.54, 1.807) is 6.08 Å². The van der Waals surface area contributed by atoms with Crippen LogP contribution in [0.15, 0.2) is 42.5 Å². The third-order valence-electron chi connectivity index (χ3n) is 3.24. The number of carbonyl (C=O) groups excluding carboxylic acids is 2. The molecule has 0 saturated carbocycles. The van der Waals surface area contributed by atoms with Gasteiger partial charge in [0.05, 0.1) is 7.11 Å². The highest BCUT2D eigenvalue weighted by atomic mass is 16.6. The average Bonchev–Trinajstić information content (AvgIpc) is 2.59. The molecule has 0 aliphatic rings. The van der Waals surface area contributed by atoms with Crippen LogP contribution in [0.5, 0.6) is 0 Å². The third-order valence-corrected chi connectivity index (χ3v) is 3.24. The summed E-state index contributed by atoms with van der Waals surface area (Å²) >= 11 is 0. The predicted octanol–water partition coefficient (Wildman–Crippen LogP) is 3.59. The molecule has 1 rings (SSSR count). The van der Waals surface area contributed by atoms with Gasteiger partial charge in [-0.05, 0) is 18.4 Å². The van der Waals surface area contributed by atoms with Gasteiger partial charge < -0.3 is 14.8 Å². The number of methoxy groups -OCH3 is 1. The maximum Gasteiger partial charge on any atom is 0.408 e. The Labute approximate surface area is 137 Å². The number of amides is 1. The van der Waals surface area contributed by atoms with Gasteiger partial charge in [0.2, 0.25) is 0 Å². The molecule has 0 heterocycles. The number of nitrogens with one attached hydrogen (secondary N) is 1. The summed E-state index contributed by atoms with van der Waals surface area (Å²) in [6.45, 7) is 2.28. The number of alkyl carbamates (subject to hydrolysis) is 1. The molecule has 0 aliphatic heterocycles. The zero-order valence-corrected chi connectivity index (χ0v) is 13.8. The molecule has 5 nitrogen and oxygen atoms in total. The maximum absolute atomic E-state index is 11.8. The molecule has 0 saturated heterocycles. The monoisotopic (exact) mass is 319 g/mol. The van der Waals surface area contributed by atoms with Gasteiger partial charge in [-0.1, -0.05) is 62.2 Å². The van der Waals surface area contributed by atoms with Crippen LogP contribution in [0.2, 0.25) is 0 Å². The lowest BCUT2D eigenvalue weighted by molar-refractivity contribution is -0.141. The Balaban J connectivity index is 2.45. The van der Waals surface area contributed by atoms with E-state index in [1.165, 1.54) is 7.11 Å². The summed E-state index contributed by atoms with van der Waals surface area (Å²) in [4.78, 5) is 23.5. The molecule has 1 aromatic rings. The highest BCUT2D eigenvalue weighted by molar-refractivity contribution is 5.83.